The highest BCUT2D eigenvalue weighted by molar-refractivity contribution is 6.84. The maximum absolute atomic E-state index is 3.54. The molecule has 1 atom stereocenters. The van der Waals surface area contributed by atoms with Gasteiger partial charge in [-0.05, 0) is 32.4 Å². The molecular formula is C21H39N3Si2. The number of hydrogen-bond acceptors (Lipinski definition) is 3. The number of likely N-dealkylation sites (tertiary alicyclic amines) is 1. The van der Waals surface area contributed by atoms with Gasteiger partial charge in [-0.15, -0.1) is 11.1 Å². The molecule has 5 heteroatoms. The quantitative estimate of drug-likeness (QED) is 0.589. The standard InChI is InChI=1S/C21H39N3Si2/c1-25(2,3)17-7-14-23(15-8-18-26(4,5)6)21-11-16-24(19-21)20-9-12-22-13-10-20/h20-22H,9-16,19H2,1-6H3. The van der Waals surface area contributed by atoms with E-state index >= 15 is 0 Å². The number of nitrogens with zero attached hydrogens (tertiary/aromatic N) is 2. The summed E-state index contributed by atoms with van der Waals surface area (Å²) in [6, 6.07) is 1.40. The van der Waals surface area contributed by atoms with Gasteiger partial charge in [0.15, 0.2) is 0 Å². The Kier molecular flexibility index (Phi) is 8.00. The molecule has 2 rings (SSSR count). The van der Waals surface area contributed by atoms with E-state index < -0.39 is 16.1 Å². The first kappa shape index (κ1) is 21.7. The van der Waals surface area contributed by atoms with Gasteiger partial charge in [-0.1, -0.05) is 51.1 Å². The second-order valence-electron chi connectivity index (χ2n) is 9.93. The Morgan fingerprint density at radius 2 is 1.42 bits per heavy atom. The fourth-order valence-electron chi connectivity index (χ4n) is 3.70. The van der Waals surface area contributed by atoms with Gasteiger partial charge in [-0.25, -0.2) is 0 Å². The Morgan fingerprint density at radius 1 is 0.885 bits per heavy atom. The first-order valence-corrected chi connectivity index (χ1v) is 17.3. The lowest BCUT2D eigenvalue weighted by Gasteiger charge is -2.32. The zero-order chi connectivity index (χ0) is 19.2. The van der Waals surface area contributed by atoms with E-state index in [0.717, 1.165) is 19.1 Å². The third-order valence-electron chi connectivity index (χ3n) is 5.03. The number of nitrogens with one attached hydrogen (secondary N) is 1. The summed E-state index contributed by atoms with van der Waals surface area (Å²) >= 11 is 0. The Hall–Kier alpha value is -0.566. The highest BCUT2D eigenvalue weighted by Crippen LogP contribution is 2.21. The summed E-state index contributed by atoms with van der Waals surface area (Å²) in [5, 5.41) is 3.49. The summed E-state index contributed by atoms with van der Waals surface area (Å²) < 4.78 is 0. The van der Waals surface area contributed by atoms with Gasteiger partial charge in [-0.3, -0.25) is 9.80 Å². The van der Waals surface area contributed by atoms with E-state index in [-0.39, 0.29) is 0 Å². The van der Waals surface area contributed by atoms with Crippen molar-refractivity contribution in [1.29, 1.82) is 0 Å². The molecule has 0 saturated carbocycles. The molecule has 2 fully saturated rings. The smallest absolute Gasteiger partial charge is 0.129 e. The van der Waals surface area contributed by atoms with Crippen LogP contribution in [-0.4, -0.2) is 77.3 Å². The van der Waals surface area contributed by atoms with Crippen molar-refractivity contribution in [3.63, 3.8) is 0 Å². The van der Waals surface area contributed by atoms with Crippen LogP contribution in [0.4, 0.5) is 0 Å². The molecule has 1 N–H and O–H groups in total. The Balaban J connectivity index is 1.99. The van der Waals surface area contributed by atoms with Crippen molar-refractivity contribution >= 4 is 16.1 Å². The summed E-state index contributed by atoms with van der Waals surface area (Å²) in [4.78, 5) is 5.29. The van der Waals surface area contributed by atoms with Crippen molar-refractivity contribution in [2.75, 3.05) is 39.3 Å². The number of hydrogen-bond donors (Lipinski definition) is 1. The molecule has 2 heterocycles. The van der Waals surface area contributed by atoms with Crippen LogP contribution >= 0.6 is 0 Å². The van der Waals surface area contributed by atoms with Gasteiger partial charge in [0, 0.05) is 25.2 Å². The first-order chi connectivity index (χ1) is 12.1. The van der Waals surface area contributed by atoms with Crippen molar-refractivity contribution in [2.24, 2.45) is 0 Å². The largest absolute Gasteiger partial charge is 0.317 e. The molecule has 3 nitrogen and oxygen atoms in total. The van der Waals surface area contributed by atoms with Crippen molar-refractivity contribution in [1.82, 2.24) is 15.1 Å². The van der Waals surface area contributed by atoms with Crippen LogP contribution in [0.3, 0.4) is 0 Å². The lowest BCUT2D eigenvalue weighted by Crippen LogP contribution is -2.44. The van der Waals surface area contributed by atoms with Crippen LogP contribution in [0.5, 0.6) is 0 Å². The molecule has 146 valence electrons. The number of rotatable bonds is 4. The monoisotopic (exact) mass is 389 g/mol. The maximum atomic E-state index is 3.54. The molecule has 0 aromatic heterocycles. The average molecular weight is 390 g/mol. The average Bonchev–Trinajstić information content (AvgIpc) is 3.02. The van der Waals surface area contributed by atoms with Gasteiger partial charge in [0.2, 0.25) is 0 Å². The third kappa shape index (κ3) is 7.98. The van der Waals surface area contributed by atoms with E-state index in [0.29, 0.717) is 6.04 Å². The molecule has 0 aromatic rings. The van der Waals surface area contributed by atoms with E-state index in [2.05, 4.69) is 77.3 Å². The Morgan fingerprint density at radius 3 is 1.92 bits per heavy atom. The lowest BCUT2D eigenvalue weighted by atomic mass is 10.1. The molecule has 0 aliphatic carbocycles. The second-order valence-corrected chi connectivity index (χ2v) is 19.4. The van der Waals surface area contributed by atoms with Gasteiger partial charge < -0.3 is 5.32 Å². The molecule has 2 aliphatic heterocycles. The van der Waals surface area contributed by atoms with Crippen LogP contribution in [-0.2, 0) is 0 Å². The highest BCUT2D eigenvalue weighted by Gasteiger charge is 2.31. The Labute approximate surface area is 164 Å². The van der Waals surface area contributed by atoms with Crippen LogP contribution in [0.15, 0.2) is 0 Å². The maximum Gasteiger partial charge on any atom is 0.129 e. The van der Waals surface area contributed by atoms with Gasteiger partial charge in [0.05, 0.1) is 13.1 Å². The van der Waals surface area contributed by atoms with E-state index in [1.54, 1.807) is 0 Å². The van der Waals surface area contributed by atoms with Crippen LogP contribution in [0.2, 0.25) is 39.3 Å². The normalized spacial score (nSPS) is 22.7. The minimum Gasteiger partial charge on any atom is -0.317 e. The van der Waals surface area contributed by atoms with Crippen LogP contribution in [0.1, 0.15) is 19.3 Å². The number of piperidine rings is 1. The van der Waals surface area contributed by atoms with Crippen molar-refractivity contribution in [3.05, 3.63) is 0 Å². The SMILES string of the molecule is C[Si](C)(C)C#CCN(CC#C[Si](C)(C)C)C1CCN(C2CCNCC2)C1. The molecule has 2 aliphatic rings. The highest BCUT2D eigenvalue weighted by atomic mass is 28.3. The van der Waals surface area contributed by atoms with E-state index in [9.17, 15) is 0 Å². The topological polar surface area (TPSA) is 18.5 Å². The van der Waals surface area contributed by atoms with Crippen LogP contribution in [0.25, 0.3) is 0 Å². The van der Waals surface area contributed by atoms with E-state index in [4.69, 9.17) is 0 Å². The molecule has 0 spiro atoms. The summed E-state index contributed by atoms with van der Waals surface area (Å²) in [5.41, 5.74) is 7.09. The first-order valence-electron chi connectivity index (χ1n) is 10.3. The van der Waals surface area contributed by atoms with E-state index in [1.165, 1.54) is 45.4 Å². The molecule has 0 radical (unpaired) electrons. The molecule has 0 aromatic carbocycles. The van der Waals surface area contributed by atoms with Crippen molar-refractivity contribution in [3.8, 4) is 22.9 Å². The lowest BCUT2D eigenvalue weighted by molar-refractivity contribution is 0.174. The molecule has 0 bridgehead atoms. The van der Waals surface area contributed by atoms with Crippen molar-refractivity contribution < 1.29 is 0 Å². The van der Waals surface area contributed by atoms with E-state index in [1.807, 2.05) is 0 Å². The predicted molar refractivity (Wildman–Crippen MR) is 120 cm³/mol. The van der Waals surface area contributed by atoms with Gasteiger partial charge in [0.25, 0.3) is 0 Å². The third-order valence-corrected chi connectivity index (χ3v) is 6.88. The summed E-state index contributed by atoms with van der Waals surface area (Å²) in [6.07, 6.45) is 3.88. The summed E-state index contributed by atoms with van der Waals surface area (Å²) in [5.74, 6) is 6.99. The Bertz CT molecular complexity index is 529. The molecular weight excluding hydrogens is 350 g/mol. The predicted octanol–water partition coefficient (Wildman–Crippen LogP) is 2.88. The van der Waals surface area contributed by atoms with Crippen molar-refractivity contribution in [2.45, 2.75) is 70.6 Å². The van der Waals surface area contributed by atoms with Gasteiger partial charge in [-0.2, -0.15) is 0 Å². The molecule has 0 amide bonds. The molecule has 1 unspecified atom stereocenters. The minimum absolute atomic E-state index is 0.622. The minimum atomic E-state index is -1.30. The summed E-state index contributed by atoms with van der Waals surface area (Å²) in [7, 11) is -2.60. The van der Waals surface area contributed by atoms with Gasteiger partial charge >= 0.3 is 0 Å². The zero-order valence-corrected chi connectivity index (χ0v) is 19.9. The second kappa shape index (κ2) is 9.58. The van der Waals surface area contributed by atoms with Gasteiger partial charge in [0.1, 0.15) is 16.1 Å². The molecule has 2 saturated heterocycles. The van der Waals surface area contributed by atoms with Crippen LogP contribution in [0, 0.1) is 22.9 Å². The molecule has 26 heavy (non-hydrogen) atoms. The summed E-state index contributed by atoms with van der Waals surface area (Å²) in [6.45, 7) is 20.5. The van der Waals surface area contributed by atoms with Crippen LogP contribution < -0.4 is 5.32 Å². The fraction of sp³-hybridized carbons (Fsp3) is 0.810. The fourth-order valence-corrected chi connectivity index (χ4v) is 4.91. The zero-order valence-electron chi connectivity index (χ0n) is 17.9.